The number of carbonyl (C=O) groups is 1. The summed E-state index contributed by atoms with van der Waals surface area (Å²) in [4.78, 5) is 21.1. The Morgan fingerprint density at radius 1 is 1.00 bits per heavy atom. The molecular weight excluding hydrogens is 334 g/mol. The molecule has 1 amide bonds. The van der Waals surface area contributed by atoms with Gasteiger partial charge in [-0.05, 0) is 61.9 Å². The van der Waals surface area contributed by atoms with Crippen molar-refractivity contribution in [1.82, 2.24) is 5.32 Å². The van der Waals surface area contributed by atoms with Crippen LogP contribution in [0.1, 0.15) is 11.1 Å². The van der Waals surface area contributed by atoms with E-state index in [0.717, 1.165) is 22.6 Å². The topological polar surface area (TPSA) is 53.8 Å². The summed E-state index contributed by atoms with van der Waals surface area (Å²) in [6.45, 7) is 7.58. The molecule has 0 heterocycles. The molecule has 1 aliphatic carbocycles. The van der Waals surface area contributed by atoms with E-state index in [-0.39, 0.29) is 5.91 Å². The standard InChI is InChI=1S/C23H21N3O/c1-4-23(27)25-19-11-13-21(26-20-12-10-16(2)14-17(20)3)22(15-19)24-18-8-6-5-7-9-18/h4-15H,1H2,2-3H3,(H,25,27)/b24-22+,26-21-. The van der Waals surface area contributed by atoms with Gasteiger partial charge in [-0.15, -0.1) is 0 Å². The van der Waals surface area contributed by atoms with Crippen LogP contribution < -0.4 is 5.32 Å². The second-order valence-corrected chi connectivity index (χ2v) is 6.25. The molecule has 0 atom stereocenters. The summed E-state index contributed by atoms with van der Waals surface area (Å²) in [5.41, 5.74) is 6.09. The van der Waals surface area contributed by atoms with Gasteiger partial charge in [-0.25, -0.2) is 9.98 Å². The summed E-state index contributed by atoms with van der Waals surface area (Å²) >= 11 is 0. The summed E-state index contributed by atoms with van der Waals surface area (Å²) in [5, 5.41) is 2.77. The van der Waals surface area contributed by atoms with E-state index in [1.54, 1.807) is 0 Å². The number of benzene rings is 2. The van der Waals surface area contributed by atoms with Crippen LogP contribution in [0, 0.1) is 13.8 Å². The highest BCUT2D eigenvalue weighted by Gasteiger charge is 2.13. The minimum absolute atomic E-state index is 0.264. The van der Waals surface area contributed by atoms with E-state index >= 15 is 0 Å². The average molecular weight is 355 g/mol. The fourth-order valence-electron chi connectivity index (χ4n) is 2.68. The zero-order chi connectivity index (χ0) is 19.2. The van der Waals surface area contributed by atoms with E-state index in [1.165, 1.54) is 11.6 Å². The van der Waals surface area contributed by atoms with Gasteiger partial charge in [0, 0.05) is 5.70 Å². The minimum atomic E-state index is -0.264. The van der Waals surface area contributed by atoms with Crippen LogP contribution in [-0.4, -0.2) is 17.3 Å². The Kier molecular flexibility index (Phi) is 5.57. The second kappa shape index (κ2) is 8.23. The molecule has 0 saturated heterocycles. The largest absolute Gasteiger partial charge is 0.322 e. The third-order valence-corrected chi connectivity index (χ3v) is 4.03. The monoisotopic (exact) mass is 355 g/mol. The smallest absolute Gasteiger partial charge is 0.247 e. The Bertz CT molecular complexity index is 996. The average Bonchev–Trinajstić information content (AvgIpc) is 2.66. The first-order chi connectivity index (χ1) is 13.0. The molecule has 1 aliphatic rings. The first-order valence-corrected chi connectivity index (χ1v) is 8.68. The lowest BCUT2D eigenvalue weighted by Gasteiger charge is -2.13. The van der Waals surface area contributed by atoms with Crippen molar-refractivity contribution in [2.75, 3.05) is 0 Å². The number of carbonyl (C=O) groups excluding carboxylic acids is 1. The third-order valence-electron chi connectivity index (χ3n) is 4.03. The summed E-state index contributed by atoms with van der Waals surface area (Å²) < 4.78 is 0. The molecule has 2 aromatic carbocycles. The molecule has 4 heteroatoms. The van der Waals surface area contributed by atoms with Crippen LogP contribution in [0.4, 0.5) is 11.4 Å². The summed E-state index contributed by atoms with van der Waals surface area (Å²) in [6, 6.07) is 15.8. The van der Waals surface area contributed by atoms with Crippen LogP contribution >= 0.6 is 0 Å². The van der Waals surface area contributed by atoms with Crippen molar-refractivity contribution in [3.63, 3.8) is 0 Å². The van der Waals surface area contributed by atoms with Gasteiger partial charge >= 0.3 is 0 Å². The van der Waals surface area contributed by atoms with Gasteiger partial charge < -0.3 is 5.32 Å². The molecule has 0 saturated carbocycles. The number of amides is 1. The van der Waals surface area contributed by atoms with Crippen LogP contribution in [0.2, 0.25) is 0 Å². The molecule has 2 aromatic rings. The zero-order valence-electron chi connectivity index (χ0n) is 15.4. The first-order valence-electron chi connectivity index (χ1n) is 8.68. The van der Waals surface area contributed by atoms with Crippen molar-refractivity contribution in [1.29, 1.82) is 0 Å². The molecule has 3 rings (SSSR count). The molecule has 4 nitrogen and oxygen atoms in total. The molecule has 27 heavy (non-hydrogen) atoms. The van der Waals surface area contributed by atoms with Crippen LogP contribution in [0.3, 0.4) is 0 Å². The molecule has 0 unspecified atom stereocenters. The lowest BCUT2D eigenvalue weighted by molar-refractivity contribution is -0.115. The van der Waals surface area contributed by atoms with E-state index in [4.69, 9.17) is 9.98 Å². The predicted molar refractivity (Wildman–Crippen MR) is 112 cm³/mol. The van der Waals surface area contributed by atoms with Crippen LogP contribution in [0.25, 0.3) is 0 Å². The third kappa shape index (κ3) is 4.76. The highest BCUT2D eigenvalue weighted by Crippen LogP contribution is 2.22. The van der Waals surface area contributed by atoms with Gasteiger partial charge in [0.25, 0.3) is 0 Å². The van der Waals surface area contributed by atoms with Gasteiger partial charge in [-0.2, -0.15) is 0 Å². The SMILES string of the molecule is C=CC(=O)NC1=CC(=N\c2ccccc2)/C(=N\c2ccc(C)cc2C)C=C1. The Morgan fingerprint density at radius 2 is 1.78 bits per heavy atom. The van der Waals surface area contributed by atoms with Crippen molar-refractivity contribution >= 4 is 28.7 Å². The fraction of sp³-hybridized carbons (Fsp3) is 0.0870. The van der Waals surface area contributed by atoms with Crippen molar-refractivity contribution in [3.05, 3.63) is 96.2 Å². The highest BCUT2D eigenvalue weighted by molar-refractivity contribution is 6.52. The molecule has 0 bridgehead atoms. The Balaban J connectivity index is 2.03. The summed E-state index contributed by atoms with van der Waals surface area (Å²) in [7, 11) is 0. The number of aliphatic imine (C=N–C) groups is 2. The number of allylic oxidation sites excluding steroid dienone is 3. The maximum absolute atomic E-state index is 11.6. The van der Waals surface area contributed by atoms with Gasteiger partial charge in [0.05, 0.1) is 22.8 Å². The van der Waals surface area contributed by atoms with Gasteiger partial charge in [-0.1, -0.05) is 42.5 Å². The summed E-state index contributed by atoms with van der Waals surface area (Å²) in [5.74, 6) is -0.264. The van der Waals surface area contributed by atoms with E-state index in [2.05, 4.69) is 24.9 Å². The maximum atomic E-state index is 11.6. The number of rotatable bonds is 4. The number of nitrogens with one attached hydrogen (secondary N) is 1. The molecule has 0 fully saturated rings. The Morgan fingerprint density at radius 3 is 2.48 bits per heavy atom. The highest BCUT2D eigenvalue weighted by atomic mass is 16.1. The number of hydrogen-bond acceptors (Lipinski definition) is 3. The molecule has 0 aliphatic heterocycles. The lowest BCUT2D eigenvalue weighted by atomic mass is 10.1. The van der Waals surface area contributed by atoms with E-state index in [0.29, 0.717) is 11.4 Å². The first kappa shape index (κ1) is 18.3. The van der Waals surface area contributed by atoms with Crippen molar-refractivity contribution in [2.45, 2.75) is 13.8 Å². The van der Waals surface area contributed by atoms with Crippen LogP contribution in [-0.2, 0) is 4.79 Å². The molecule has 0 radical (unpaired) electrons. The van der Waals surface area contributed by atoms with E-state index in [1.807, 2.05) is 67.6 Å². The van der Waals surface area contributed by atoms with Crippen molar-refractivity contribution < 1.29 is 4.79 Å². The van der Waals surface area contributed by atoms with Crippen LogP contribution in [0.5, 0.6) is 0 Å². The fourth-order valence-corrected chi connectivity index (χ4v) is 2.68. The number of para-hydroxylation sites is 1. The molecule has 0 aromatic heterocycles. The molecule has 0 spiro atoms. The van der Waals surface area contributed by atoms with Gasteiger partial charge in [0.1, 0.15) is 0 Å². The van der Waals surface area contributed by atoms with Crippen molar-refractivity contribution in [2.24, 2.45) is 9.98 Å². The zero-order valence-corrected chi connectivity index (χ0v) is 15.4. The number of nitrogens with zero attached hydrogens (tertiary/aromatic N) is 2. The Hall–Kier alpha value is -3.53. The summed E-state index contributed by atoms with van der Waals surface area (Å²) in [6.07, 6.45) is 6.73. The normalized spacial score (nSPS) is 16.3. The second-order valence-electron chi connectivity index (χ2n) is 6.25. The lowest BCUT2D eigenvalue weighted by Crippen LogP contribution is -2.24. The van der Waals surface area contributed by atoms with E-state index < -0.39 is 0 Å². The van der Waals surface area contributed by atoms with E-state index in [9.17, 15) is 4.79 Å². The molecule has 134 valence electrons. The quantitative estimate of drug-likeness (QED) is 0.615. The van der Waals surface area contributed by atoms with Crippen LogP contribution in [0.15, 0.2) is 95.1 Å². The van der Waals surface area contributed by atoms with Gasteiger partial charge in [0.2, 0.25) is 5.91 Å². The maximum Gasteiger partial charge on any atom is 0.247 e. The molecular formula is C23H21N3O. The van der Waals surface area contributed by atoms with Gasteiger partial charge in [-0.3, -0.25) is 4.79 Å². The number of hydrogen-bond donors (Lipinski definition) is 1. The Labute approximate surface area is 159 Å². The molecule has 1 N–H and O–H groups in total. The van der Waals surface area contributed by atoms with Gasteiger partial charge in [0.15, 0.2) is 0 Å². The number of aryl methyl sites for hydroxylation is 2. The van der Waals surface area contributed by atoms with Crippen molar-refractivity contribution in [3.8, 4) is 0 Å². The minimum Gasteiger partial charge on any atom is -0.322 e. The predicted octanol–water partition coefficient (Wildman–Crippen LogP) is 4.90.